The van der Waals surface area contributed by atoms with Gasteiger partial charge in [-0.05, 0) is 92.6 Å². The molecule has 0 bridgehead atoms. The summed E-state index contributed by atoms with van der Waals surface area (Å²) in [5.41, 5.74) is 3.60. The molecular weight excluding hydrogens is 468 g/mol. The van der Waals surface area contributed by atoms with Crippen molar-refractivity contribution in [2.24, 2.45) is 5.92 Å². The maximum absolute atomic E-state index is 13.4. The van der Waals surface area contributed by atoms with Gasteiger partial charge in [0.2, 0.25) is 0 Å². The van der Waals surface area contributed by atoms with Gasteiger partial charge in [-0.3, -0.25) is 14.6 Å². The zero-order valence-corrected chi connectivity index (χ0v) is 22.3. The third kappa shape index (κ3) is 5.74. The van der Waals surface area contributed by atoms with E-state index in [4.69, 9.17) is 0 Å². The minimum absolute atomic E-state index is 0.292. The first-order valence-electron chi connectivity index (χ1n) is 13.3. The lowest BCUT2D eigenvalue weighted by molar-refractivity contribution is 0.104. The maximum atomic E-state index is 13.4. The van der Waals surface area contributed by atoms with Gasteiger partial charge < -0.3 is 4.90 Å². The lowest BCUT2D eigenvalue weighted by Crippen LogP contribution is -2.50. The predicted octanol–water partition coefficient (Wildman–Crippen LogP) is 4.95. The van der Waals surface area contributed by atoms with Crippen LogP contribution in [0.5, 0.6) is 0 Å². The van der Waals surface area contributed by atoms with E-state index in [1.165, 1.54) is 44.6 Å². The number of hydrogen-bond donors (Lipinski definition) is 1. The molecule has 2 aliphatic heterocycles. The van der Waals surface area contributed by atoms with Gasteiger partial charge in [0.05, 0.1) is 16.1 Å². The molecule has 2 aromatic carbocycles. The molecule has 192 valence electrons. The normalized spacial score (nSPS) is 19.1. The monoisotopic (exact) mass is 506 g/mol. The average molecular weight is 507 g/mol. The summed E-state index contributed by atoms with van der Waals surface area (Å²) in [6.07, 6.45) is 7.27. The molecule has 0 saturated carbocycles. The number of anilines is 1. The van der Waals surface area contributed by atoms with Crippen molar-refractivity contribution >= 4 is 26.6 Å². The molecule has 2 aliphatic rings. The van der Waals surface area contributed by atoms with E-state index in [-0.39, 0.29) is 0 Å². The molecule has 1 atom stereocenters. The summed E-state index contributed by atoms with van der Waals surface area (Å²) in [6, 6.07) is 15.9. The van der Waals surface area contributed by atoms with Crippen LogP contribution in [0.2, 0.25) is 0 Å². The van der Waals surface area contributed by atoms with Gasteiger partial charge in [-0.15, -0.1) is 0 Å². The Hall–Kier alpha value is -2.48. The van der Waals surface area contributed by atoms with Gasteiger partial charge in [-0.1, -0.05) is 32.0 Å². The van der Waals surface area contributed by atoms with Crippen molar-refractivity contribution in [3.05, 3.63) is 65.9 Å². The van der Waals surface area contributed by atoms with Gasteiger partial charge in [0.1, 0.15) is 0 Å². The first kappa shape index (κ1) is 25.2. The Labute approximate surface area is 215 Å². The Bertz CT molecular complexity index is 1290. The molecule has 0 unspecified atom stereocenters. The summed E-state index contributed by atoms with van der Waals surface area (Å²) in [5.74, 6) is 0.406. The Kier molecular flexibility index (Phi) is 7.60. The molecule has 1 N–H and O–H groups in total. The minimum atomic E-state index is -3.72. The Morgan fingerprint density at radius 2 is 1.89 bits per heavy atom. The molecule has 3 aromatic rings. The molecular formula is C29H38N4O2S. The fraction of sp³-hybridized carbons (Fsp3) is 0.483. The van der Waals surface area contributed by atoms with Gasteiger partial charge in [0, 0.05) is 37.3 Å². The summed E-state index contributed by atoms with van der Waals surface area (Å²) >= 11 is 0. The highest BCUT2D eigenvalue weighted by molar-refractivity contribution is 7.92. The lowest BCUT2D eigenvalue weighted by atomic mass is 9.99. The van der Waals surface area contributed by atoms with E-state index >= 15 is 0 Å². The zero-order valence-electron chi connectivity index (χ0n) is 21.5. The standard InChI is InChI=1S/C29H38N4O2S/c1-22(2)20-24-11-14-28-27(8-3-15-30-28)29(24)31-36(34,35)26-12-9-23(10-13-26)6-4-16-32-18-19-33-17-5-7-25(33)21-32/h3,8-15,22,25,31H,4-7,16-21H2,1-2H3/t25-/m1/s1. The molecule has 0 aliphatic carbocycles. The maximum Gasteiger partial charge on any atom is 0.261 e. The molecule has 5 rings (SSSR count). The van der Waals surface area contributed by atoms with Crippen LogP contribution in [0.15, 0.2) is 59.6 Å². The van der Waals surface area contributed by atoms with E-state index in [1.807, 2.05) is 36.4 Å². The number of fused-ring (bicyclic) bond motifs is 2. The number of hydrogen-bond acceptors (Lipinski definition) is 5. The Morgan fingerprint density at radius 1 is 1.06 bits per heavy atom. The lowest BCUT2D eigenvalue weighted by Gasteiger charge is -2.37. The van der Waals surface area contributed by atoms with Crippen LogP contribution in [0.4, 0.5) is 5.69 Å². The number of benzene rings is 2. The van der Waals surface area contributed by atoms with Gasteiger partial charge in [-0.25, -0.2) is 8.42 Å². The van der Waals surface area contributed by atoms with Crippen molar-refractivity contribution < 1.29 is 8.42 Å². The number of nitrogens with zero attached hydrogens (tertiary/aromatic N) is 3. The van der Waals surface area contributed by atoms with E-state index in [9.17, 15) is 8.42 Å². The number of sulfonamides is 1. The van der Waals surface area contributed by atoms with Crippen molar-refractivity contribution in [1.29, 1.82) is 0 Å². The highest BCUT2D eigenvalue weighted by Gasteiger charge is 2.30. The molecule has 3 heterocycles. The summed E-state index contributed by atoms with van der Waals surface area (Å²) in [6.45, 7) is 10.2. The van der Waals surface area contributed by atoms with Crippen molar-refractivity contribution in [3.8, 4) is 0 Å². The van der Waals surface area contributed by atoms with Crippen molar-refractivity contribution in [2.75, 3.05) is 37.4 Å². The zero-order chi connectivity index (χ0) is 25.1. The van der Waals surface area contributed by atoms with Crippen LogP contribution >= 0.6 is 0 Å². The number of nitrogens with one attached hydrogen (secondary N) is 1. The molecule has 0 spiro atoms. The number of piperazine rings is 1. The minimum Gasteiger partial charge on any atom is -0.301 e. The fourth-order valence-electron chi connectivity index (χ4n) is 5.72. The largest absolute Gasteiger partial charge is 0.301 e. The fourth-order valence-corrected chi connectivity index (χ4v) is 6.84. The van der Waals surface area contributed by atoms with E-state index < -0.39 is 10.0 Å². The molecule has 6 nitrogen and oxygen atoms in total. The first-order chi connectivity index (χ1) is 17.4. The van der Waals surface area contributed by atoms with Gasteiger partial charge in [-0.2, -0.15) is 0 Å². The third-order valence-electron chi connectivity index (χ3n) is 7.58. The molecule has 1 aromatic heterocycles. The predicted molar refractivity (Wildman–Crippen MR) is 147 cm³/mol. The quantitative estimate of drug-likeness (QED) is 0.445. The van der Waals surface area contributed by atoms with Crippen LogP contribution in [-0.4, -0.2) is 62.0 Å². The number of aryl methyl sites for hydroxylation is 1. The van der Waals surface area contributed by atoms with E-state index in [0.717, 1.165) is 48.3 Å². The number of rotatable bonds is 9. The van der Waals surface area contributed by atoms with Crippen LogP contribution in [0.1, 0.15) is 44.2 Å². The summed E-state index contributed by atoms with van der Waals surface area (Å²) < 4.78 is 29.6. The second kappa shape index (κ2) is 10.9. The van der Waals surface area contributed by atoms with Crippen molar-refractivity contribution in [2.45, 2.75) is 56.9 Å². The average Bonchev–Trinajstić information content (AvgIpc) is 3.33. The molecule has 2 saturated heterocycles. The third-order valence-corrected chi connectivity index (χ3v) is 8.95. The van der Waals surface area contributed by atoms with Gasteiger partial charge >= 0.3 is 0 Å². The van der Waals surface area contributed by atoms with Gasteiger partial charge in [0.15, 0.2) is 0 Å². The summed E-state index contributed by atoms with van der Waals surface area (Å²) in [5, 5.41) is 0.828. The molecule has 0 radical (unpaired) electrons. The molecule has 0 amide bonds. The SMILES string of the molecule is CC(C)Cc1ccc2ncccc2c1NS(=O)(=O)c1ccc(CCCN2CCN3CCC[C@@H]3C2)cc1. The van der Waals surface area contributed by atoms with Crippen LogP contribution in [0.3, 0.4) is 0 Å². The Morgan fingerprint density at radius 3 is 2.69 bits per heavy atom. The molecule has 36 heavy (non-hydrogen) atoms. The van der Waals surface area contributed by atoms with Crippen molar-refractivity contribution in [1.82, 2.24) is 14.8 Å². The van der Waals surface area contributed by atoms with E-state index in [1.54, 1.807) is 18.3 Å². The van der Waals surface area contributed by atoms with Crippen LogP contribution in [-0.2, 0) is 22.9 Å². The van der Waals surface area contributed by atoms with E-state index in [2.05, 4.69) is 33.4 Å². The highest BCUT2D eigenvalue weighted by Crippen LogP contribution is 2.30. The number of pyridine rings is 1. The highest BCUT2D eigenvalue weighted by atomic mass is 32.2. The molecule has 7 heteroatoms. The second-order valence-electron chi connectivity index (χ2n) is 10.8. The summed E-state index contributed by atoms with van der Waals surface area (Å²) in [7, 11) is -3.72. The van der Waals surface area contributed by atoms with Crippen LogP contribution in [0, 0.1) is 5.92 Å². The van der Waals surface area contributed by atoms with Gasteiger partial charge in [0.25, 0.3) is 10.0 Å². The van der Waals surface area contributed by atoms with Crippen molar-refractivity contribution in [3.63, 3.8) is 0 Å². The molecule has 2 fully saturated rings. The van der Waals surface area contributed by atoms with Crippen LogP contribution in [0.25, 0.3) is 10.9 Å². The second-order valence-corrected chi connectivity index (χ2v) is 12.4. The topological polar surface area (TPSA) is 65.5 Å². The summed E-state index contributed by atoms with van der Waals surface area (Å²) in [4.78, 5) is 9.95. The first-order valence-corrected chi connectivity index (χ1v) is 14.8. The number of aromatic nitrogens is 1. The smallest absolute Gasteiger partial charge is 0.261 e. The van der Waals surface area contributed by atoms with E-state index in [0.29, 0.717) is 16.5 Å². The van der Waals surface area contributed by atoms with Crippen LogP contribution < -0.4 is 4.72 Å². The Balaban J connectivity index is 1.24.